The molecule has 0 aliphatic carbocycles. The summed E-state index contributed by atoms with van der Waals surface area (Å²) in [5, 5.41) is 0. The molecule has 26 heavy (non-hydrogen) atoms. The van der Waals surface area contributed by atoms with Gasteiger partial charge in [-0.1, -0.05) is 0 Å². The lowest BCUT2D eigenvalue weighted by molar-refractivity contribution is 0.0343. The molecule has 2 aliphatic rings. The first kappa shape index (κ1) is 19.3. The molecular weight excluding hydrogens is 356 g/mol. The fourth-order valence-electron chi connectivity index (χ4n) is 3.70. The predicted octanol–water partition coefficient (Wildman–Crippen LogP) is 0.247. The van der Waals surface area contributed by atoms with Gasteiger partial charge >= 0.3 is 0 Å². The highest BCUT2D eigenvalue weighted by Crippen LogP contribution is 2.26. The van der Waals surface area contributed by atoms with Crippen molar-refractivity contribution in [2.45, 2.75) is 24.2 Å². The summed E-state index contributed by atoms with van der Waals surface area (Å²) in [6, 6.07) is 1.36. The molecule has 2 N–H and O–H groups in total. The Kier molecular flexibility index (Phi) is 6.01. The van der Waals surface area contributed by atoms with Gasteiger partial charge < -0.3 is 15.0 Å². The van der Waals surface area contributed by atoms with Gasteiger partial charge in [0.25, 0.3) is 5.91 Å². The Bertz CT molecular complexity index is 732. The summed E-state index contributed by atoms with van der Waals surface area (Å²) in [6.45, 7) is 5.70. The Hall–Kier alpha value is -1.42. The van der Waals surface area contributed by atoms with Crippen LogP contribution in [0.25, 0.3) is 0 Å². The molecule has 8 nitrogen and oxygen atoms in total. The quantitative estimate of drug-likeness (QED) is 0.758. The topological polar surface area (TPSA) is 97.9 Å². The lowest BCUT2D eigenvalue weighted by Gasteiger charge is -2.33. The van der Waals surface area contributed by atoms with Crippen LogP contribution in [0.1, 0.15) is 29.8 Å². The second kappa shape index (κ2) is 8.08. The number of aromatic nitrogens is 1. The van der Waals surface area contributed by atoms with E-state index in [1.807, 2.05) is 0 Å². The van der Waals surface area contributed by atoms with Crippen molar-refractivity contribution >= 4 is 15.9 Å². The fourth-order valence-corrected chi connectivity index (χ4v) is 5.24. The highest BCUT2D eigenvalue weighted by atomic mass is 32.2. The van der Waals surface area contributed by atoms with E-state index in [1.165, 1.54) is 21.1 Å². The van der Waals surface area contributed by atoms with Crippen molar-refractivity contribution in [3.63, 3.8) is 0 Å². The summed E-state index contributed by atoms with van der Waals surface area (Å²) in [5.41, 5.74) is 5.48. The van der Waals surface area contributed by atoms with E-state index in [4.69, 9.17) is 10.5 Å². The van der Waals surface area contributed by atoms with E-state index in [-0.39, 0.29) is 10.6 Å². The molecule has 0 spiro atoms. The van der Waals surface area contributed by atoms with Crippen molar-refractivity contribution in [2.24, 2.45) is 18.7 Å². The minimum atomic E-state index is -3.58. The number of primary amides is 1. The number of carbonyl (C=O) groups is 1. The molecule has 1 amide bonds. The molecular formula is C17H28N4O4S. The zero-order valence-corrected chi connectivity index (χ0v) is 16.1. The monoisotopic (exact) mass is 384 g/mol. The van der Waals surface area contributed by atoms with E-state index in [0.717, 1.165) is 52.1 Å². The Morgan fingerprint density at radius 3 is 2.46 bits per heavy atom. The van der Waals surface area contributed by atoms with Crippen molar-refractivity contribution in [1.29, 1.82) is 0 Å². The maximum Gasteiger partial charge on any atom is 0.265 e. The minimum absolute atomic E-state index is 0.139. The van der Waals surface area contributed by atoms with E-state index in [2.05, 4.69) is 4.90 Å². The first-order valence-corrected chi connectivity index (χ1v) is 10.6. The van der Waals surface area contributed by atoms with Gasteiger partial charge in [0.2, 0.25) is 10.0 Å². The van der Waals surface area contributed by atoms with Gasteiger partial charge in [-0.2, -0.15) is 4.31 Å². The molecule has 0 unspecified atom stereocenters. The number of ether oxygens (including phenoxy) is 1. The normalized spacial score (nSPS) is 21.1. The van der Waals surface area contributed by atoms with Crippen LogP contribution in [0.15, 0.2) is 17.2 Å². The first-order chi connectivity index (χ1) is 12.4. The average Bonchev–Trinajstić information content (AvgIpc) is 3.04. The summed E-state index contributed by atoms with van der Waals surface area (Å²) in [5.74, 6) is -0.0722. The number of aryl methyl sites for hydroxylation is 1. The molecule has 0 radical (unpaired) electrons. The van der Waals surface area contributed by atoms with Crippen molar-refractivity contribution in [3.05, 3.63) is 18.0 Å². The molecule has 0 atom stereocenters. The number of sulfonamides is 1. The Labute approximate surface area is 154 Å². The summed E-state index contributed by atoms with van der Waals surface area (Å²) in [7, 11) is -1.96. The van der Waals surface area contributed by atoms with Gasteiger partial charge in [-0.25, -0.2) is 8.42 Å². The number of morpholine rings is 1. The summed E-state index contributed by atoms with van der Waals surface area (Å²) in [4.78, 5) is 13.9. The van der Waals surface area contributed by atoms with E-state index >= 15 is 0 Å². The average molecular weight is 385 g/mol. The lowest BCUT2D eigenvalue weighted by Crippen LogP contribution is -2.40. The standard InChI is InChI=1S/C17H28N4O4S/c1-19-13-15(12-16(19)17(18)22)26(23,24)21-6-3-14(4-7-21)2-5-20-8-10-25-11-9-20/h12-14H,2-11H2,1H3,(H2,18,22). The third-order valence-electron chi connectivity index (χ3n) is 5.40. The molecule has 3 heterocycles. The van der Waals surface area contributed by atoms with Crippen LogP contribution < -0.4 is 5.73 Å². The number of carbonyl (C=O) groups excluding carboxylic acids is 1. The van der Waals surface area contributed by atoms with Crippen LogP contribution in [-0.4, -0.2) is 74.0 Å². The van der Waals surface area contributed by atoms with E-state index in [0.29, 0.717) is 19.0 Å². The van der Waals surface area contributed by atoms with Crippen molar-refractivity contribution < 1.29 is 17.9 Å². The molecule has 1 aromatic rings. The molecule has 2 aliphatic heterocycles. The second-order valence-electron chi connectivity index (χ2n) is 7.13. The molecule has 0 bridgehead atoms. The maximum absolute atomic E-state index is 12.8. The minimum Gasteiger partial charge on any atom is -0.379 e. The third kappa shape index (κ3) is 4.28. The van der Waals surface area contributed by atoms with Gasteiger partial charge in [0.15, 0.2) is 0 Å². The van der Waals surface area contributed by atoms with Crippen molar-refractivity contribution in [2.75, 3.05) is 45.9 Å². The number of hydrogen-bond acceptors (Lipinski definition) is 5. The Morgan fingerprint density at radius 2 is 1.88 bits per heavy atom. The van der Waals surface area contributed by atoms with Crippen LogP contribution in [0, 0.1) is 5.92 Å². The largest absolute Gasteiger partial charge is 0.379 e. The molecule has 9 heteroatoms. The number of nitrogens with zero attached hydrogens (tertiary/aromatic N) is 3. The van der Waals surface area contributed by atoms with E-state index < -0.39 is 15.9 Å². The van der Waals surface area contributed by atoms with Gasteiger partial charge in [0.05, 0.1) is 13.2 Å². The van der Waals surface area contributed by atoms with E-state index in [1.54, 1.807) is 7.05 Å². The number of hydrogen-bond donors (Lipinski definition) is 1. The first-order valence-electron chi connectivity index (χ1n) is 9.14. The Balaban J connectivity index is 1.55. The second-order valence-corrected chi connectivity index (χ2v) is 9.06. The third-order valence-corrected chi connectivity index (χ3v) is 7.26. The van der Waals surface area contributed by atoms with Crippen LogP contribution in [0.5, 0.6) is 0 Å². The van der Waals surface area contributed by atoms with Crippen molar-refractivity contribution in [3.8, 4) is 0 Å². The highest BCUT2D eigenvalue weighted by Gasteiger charge is 2.31. The molecule has 2 saturated heterocycles. The number of nitrogens with two attached hydrogens (primary N) is 1. The molecule has 146 valence electrons. The van der Waals surface area contributed by atoms with Crippen molar-refractivity contribution in [1.82, 2.24) is 13.8 Å². The number of piperidine rings is 1. The van der Waals surface area contributed by atoms with Crippen LogP contribution >= 0.6 is 0 Å². The summed E-state index contributed by atoms with van der Waals surface area (Å²) >= 11 is 0. The molecule has 1 aromatic heterocycles. The lowest BCUT2D eigenvalue weighted by atomic mass is 9.94. The predicted molar refractivity (Wildman–Crippen MR) is 97.3 cm³/mol. The van der Waals surface area contributed by atoms with Crippen LogP contribution in [0.4, 0.5) is 0 Å². The van der Waals surface area contributed by atoms with Gasteiger partial charge in [0, 0.05) is 39.4 Å². The number of amides is 1. The van der Waals surface area contributed by atoms with Crippen LogP contribution in [0.2, 0.25) is 0 Å². The molecule has 0 aromatic carbocycles. The van der Waals surface area contributed by atoms with Gasteiger partial charge in [-0.05, 0) is 37.8 Å². The summed E-state index contributed by atoms with van der Waals surface area (Å²) < 4.78 is 34.0. The van der Waals surface area contributed by atoms with Gasteiger partial charge in [-0.3, -0.25) is 9.69 Å². The number of rotatable bonds is 6. The fraction of sp³-hybridized carbons (Fsp3) is 0.706. The van der Waals surface area contributed by atoms with E-state index in [9.17, 15) is 13.2 Å². The summed E-state index contributed by atoms with van der Waals surface area (Å²) in [6.07, 6.45) is 4.31. The zero-order valence-electron chi connectivity index (χ0n) is 15.3. The molecule has 3 rings (SSSR count). The highest BCUT2D eigenvalue weighted by molar-refractivity contribution is 7.89. The van der Waals surface area contributed by atoms with Gasteiger partial charge in [0.1, 0.15) is 10.6 Å². The molecule has 0 saturated carbocycles. The molecule has 2 fully saturated rings. The van der Waals surface area contributed by atoms with Gasteiger partial charge in [-0.15, -0.1) is 0 Å². The van der Waals surface area contributed by atoms with Crippen LogP contribution in [-0.2, 0) is 21.8 Å². The maximum atomic E-state index is 12.8. The zero-order chi connectivity index (χ0) is 18.7. The van der Waals surface area contributed by atoms with Crippen LogP contribution in [0.3, 0.4) is 0 Å². The SMILES string of the molecule is Cn1cc(S(=O)(=O)N2CCC(CCN3CCOCC3)CC2)cc1C(N)=O. The Morgan fingerprint density at radius 1 is 1.23 bits per heavy atom. The smallest absolute Gasteiger partial charge is 0.265 e.